The minimum atomic E-state index is -1.61. The first kappa shape index (κ1) is 28.2. The third-order valence-corrected chi connectivity index (χ3v) is 4.44. The van der Waals surface area contributed by atoms with Gasteiger partial charge >= 0.3 is 5.97 Å². The summed E-state index contributed by atoms with van der Waals surface area (Å²) >= 11 is 0. The number of primary amides is 1. The molecular formula is C18H33N5O8. The highest BCUT2D eigenvalue weighted by molar-refractivity contribution is 5.94. The van der Waals surface area contributed by atoms with Crippen LogP contribution < -0.4 is 27.4 Å². The number of carbonyl (C=O) groups is 5. The number of amides is 4. The summed E-state index contributed by atoms with van der Waals surface area (Å²) in [4.78, 5) is 59.3. The Balaban J connectivity index is 5.36. The summed E-state index contributed by atoms with van der Waals surface area (Å²) in [5, 5.41) is 35.5. The Hall–Kier alpha value is -2.77. The van der Waals surface area contributed by atoms with E-state index < -0.39 is 66.0 Å². The number of aliphatic hydroxyl groups is 2. The molecule has 0 heterocycles. The number of carbonyl (C=O) groups excluding carboxylic acids is 4. The molecule has 0 bridgehead atoms. The summed E-state index contributed by atoms with van der Waals surface area (Å²) in [6.45, 7) is 5.78. The average molecular weight is 447 g/mol. The highest BCUT2D eigenvalue weighted by Crippen LogP contribution is 2.04. The Morgan fingerprint density at radius 2 is 1.23 bits per heavy atom. The highest BCUT2D eigenvalue weighted by Gasteiger charge is 2.34. The molecule has 6 unspecified atom stereocenters. The van der Waals surface area contributed by atoms with Gasteiger partial charge in [-0.3, -0.25) is 19.2 Å². The molecule has 6 atom stereocenters. The van der Waals surface area contributed by atoms with Gasteiger partial charge in [-0.15, -0.1) is 0 Å². The molecule has 0 aliphatic rings. The van der Waals surface area contributed by atoms with Crippen LogP contribution in [0.15, 0.2) is 0 Å². The predicted molar refractivity (Wildman–Crippen MR) is 108 cm³/mol. The molecule has 0 aromatic carbocycles. The van der Waals surface area contributed by atoms with Crippen molar-refractivity contribution in [2.24, 2.45) is 17.4 Å². The summed E-state index contributed by atoms with van der Waals surface area (Å²) in [7, 11) is 0. The van der Waals surface area contributed by atoms with Crippen molar-refractivity contribution in [1.29, 1.82) is 0 Å². The van der Waals surface area contributed by atoms with Gasteiger partial charge in [0.15, 0.2) is 0 Å². The lowest BCUT2D eigenvalue weighted by atomic mass is 10.0. The molecule has 0 aromatic rings. The van der Waals surface area contributed by atoms with Gasteiger partial charge in [0.2, 0.25) is 23.6 Å². The quantitative estimate of drug-likeness (QED) is 0.140. The SMILES string of the molecule is CC(C)C(N)C(=O)NC(C(=O)NC(C(=O)NC(CCC(N)=O)C(=O)O)C(C)O)C(C)O. The van der Waals surface area contributed by atoms with Gasteiger partial charge in [-0.2, -0.15) is 0 Å². The largest absolute Gasteiger partial charge is 0.480 e. The van der Waals surface area contributed by atoms with Crippen LogP contribution in [0.5, 0.6) is 0 Å². The number of hydrogen-bond acceptors (Lipinski definition) is 8. The van der Waals surface area contributed by atoms with Crippen molar-refractivity contribution in [2.75, 3.05) is 0 Å². The molecule has 178 valence electrons. The van der Waals surface area contributed by atoms with Crippen molar-refractivity contribution in [3.63, 3.8) is 0 Å². The maximum atomic E-state index is 12.6. The fourth-order valence-electron chi connectivity index (χ4n) is 2.41. The first-order valence-corrected chi connectivity index (χ1v) is 9.72. The molecule has 4 amide bonds. The van der Waals surface area contributed by atoms with E-state index in [0.29, 0.717) is 0 Å². The number of rotatable bonds is 13. The molecule has 0 radical (unpaired) electrons. The Morgan fingerprint density at radius 1 is 0.806 bits per heavy atom. The second kappa shape index (κ2) is 12.8. The smallest absolute Gasteiger partial charge is 0.326 e. The zero-order valence-corrected chi connectivity index (χ0v) is 18.0. The Bertz CT molecular complexity index is 667. The van der Waals surface area contributed by atoms with E-state index in [0.717, 1.165) is 0 Å². The molecule has 0 aliphatic heterocycles. The Morgan fingerprint density at radius 3 is 1.58 bits per heavy atom. The van der Waals surface area contributed by atoms with Crippen LogP contribution in [0.4, 0.5) is 0 Å². The van der Waals surface area contributed by atoms with Gasteiger partial charge < -0.3 is 42.7 Å². The summed E-state index contributed by atoms with van der Waals surface area (Å²) in [6.07, 6.45) is -3.44. The third kappa shape index (κ3) is 9.72. The number of hydrogen-bond donors (Lipinski definition) is 8. The van der Waals surface area contributed by atoms with Crippen molar-refractivity contribution in [1.82, 2.24) is 16.0 Å². The summed E-state index contributed by atoms with van der Waals surface area (Å²) in [5.41, 5.74) is 10.7. The number of carboxylic acid groups (broad SMARTS) is 1. The molecular weight excluding hydrogens is 414 g/mol. The number of nitrogens with two attached hydrogens (primary N) is 2. The van der Waals surface area contributed by atoms with E-state index in [-0.39, 0.29) is 18.8 Å². The van der Waals surface area contributed by atoms with E-state index in [1.54, 1.807) is 13.8 Å². The monoisotopic (exact) mass is 447 g/mol. The molecule has 31 heavy (non-hydrogen) atoms. The lowest BCUT2D eigenvalue weighted by Crippen LogP contribution is -2.62. The maximum Gasteiger partial charge on any atom is 0.326 e. The number of carboxylic acids is 1. The second-order valence-electron chi connectivity index (χ2n) is 7.63. The van der Waals surface area contributed by atoms with Crippen LogP contribution in [0, 0.1) is 5.92 Å². The van der Waals surface area contributed by atoms with E-state index in [9.17, 15) is 39.3 Å². The van der Waals surface area contributed by atoms with Crippen LogP contribution in [0.1, 0.15) is 40.5 Å². The van der Waals surface area contributed by atoms with Crippen LogP contribution in [0.2, 0.25) is 0 Å². The van der Waals surface area contributed by atoms with Crippen molar-refractivity contribution in [3.8, 4) is 0 Å². The summed E-state index contributed by atoms with van der Waals surface area (Å²) in [5.74, 6) is -5.20. The molecule has 0 aliphatic carbocycles. The fourth-order valence-corrected chi connectivity index (χ4v) is 2.41. The predicted octanol–water partition coefficient (Wildman–Crippen LogP) is -3.46. The van der Waals surface area contributed by atoms with Crippen molar-refractivity contribution >= 4 is 29.6 Å². The van der Waals surface area contributed by atoms with Crippen molar-refractivity contribution in [2.45, 2.75) is 76.9 Å². The first-order valence-electron chi connectivity index (χ1n) is 9.72. The van der Waals surface area contributed by atoms with Crippen LogP contribution >= 0.6 is 0 Å². The second-order valence-corrected chi connectivity index (χ2v) is 7.63. The van der Waals surface area contributed by atoms with Gasteiger partial charge in [0, 0.05) is 6.42 Å². The van der Waals surface area contributed by atoms with Gasteiger partial charge in [0.1, 0.15) is 18.1 Å². The van der Waals surface area contributed by atoms with E-state index >= 15 is 0 Å². The average Bonchev–Trinajstić information content (AvgIpc) is 2.64. The van der Waals surface area contributed by atoms with E-state index in [4.69, 9.17) is 11.5 Å². The summed E-state index contributed by atoms with van der Waals surface area (Å²) in [6, 6.07) is -5.54. The van der Waals surface area contributed by atoms with Gasteiger partial charge in [-0.05, 0) is 26.2 Å². The van der Waals surface area contributed by atoms with E-state index in [2.05, 4.69) is 16.0 Å². The van der Waals surface area contributed by atoms with Crippen LogP contribution in [0.25, 0.3) is 0 Å². The molecule has 13 nitrogen and oxygen atoms in total. The molecule has 0 saturated heterocycles. The molecule has 13 heteroatoms. The lowest BCUT2D eigenvalue weighted by Gasteiger charge is -2.28. The van der Waals surface area contributed by atoms with Gasteiger partial charge in [0.05, 0.1) is 18.2 Å². The molecule has 0 fully saturated rings. The zero-order chi connectivity index (χ0) is 24.5. The van der Waals surface area contributed by atoms with Gasteiger partial charge in [0.25, 0.3) is 0 Å². The van der Waals surface area contributed by atoms with Gasteiger partial charge in [-0.25, -0.2) is 4.79 Å². The van der Waals surface area contributed by atoms with Crippen LogP contribution in [0.3, 0.4) is 0 Å². The fraction of sp³-hybridized carbons (Fsp3) is 0.722. The normalized spacial score (nSPS) is 16.9. The first-order chi connectivity index (χ1) is 14.2. The van der Waals surface area contributed by atoms with Crippen molar-refractivity contribution in [3.05, 3.63) is 0 Å². The minimum absolute atomic E-state index is 0.248. The molecule has 10 N–H and O–H groups in total. The molecule has 0 rings (SSSR count). The van der Waals surface area contributed by atoms with Crippen LogP contribution in [-0.4, -0.2) is 81.3 Å². The Kier molecular flexibility index (Phi) is 11.7. The standard InChI is InChI=1S/C18H33N5O8/c1-7(2)12(20)15(27)22-14(9(4)25)17(29)23-13(8(3)24)16(28)21-10(18(30)31)5-6-11(19)26/h7-10,12-14,24-25H,5-6,20H2,1-4H3,(H2,19,26)(H,21,28)(H,22,27)(H,23,29)(H,30,31). The minimum Gasteiger partial charge on any atom is -0.480 e. The maximum absolute atomic E-state index is 12.6. The topological polar surface area (TPSA) is 234 Å². The van der Waals surface area contributed by atoms with Gasteiger partial charge in [-0.1, -0.05) is 13.8 Å². The van der Waals surface area contributed by atoms with E-state index in [1.165, 1.54) is 13.8 Å². The lowest BCUT2D eigenvalue weighted by molar-refractivity contribution is -0.143. The molecule has 0 aromatic heterocycles. The Labute approximate surface area is 179 Å². The molecule has 0 spiro atoms. The third-order valence-electron chi connectivity index (χ3n) is 4.44. The van der Waals surface area contributed by atoms with Crippen LogP contribution in [-0.2, 0) is 24.0 Å². The zero-order valence-electron chi connectivity index (χ0n) is 18.0. The number of aliphatic carboxylic acids is 1. The number of nitrogens with one attached hydrogen (secondary N) is 3. The molecule has 0 saturated carbocycles. The number of aliphatic hydroxyl groups excluding tert-OH is 2. The van der Waals surface area contributed by atoms with E-state index in [1.807, 2.05) is 0 Å². The summed E-state index contributed by atoms with van der Waals surface area (Å²) < 4.78 is 0. The highest BCUT2D eigenvalue weighted by atomic mass is 16.4. The van der Waals surface area contributed by atoms with Crippen molar-refractivity contribution < 1.29 is 39.3 Å².